The number of rotatable bonds is 5. The zero-order chi connectivity index (χ0) is 15.3. The van der Waals surface area contributed by atoms with Crippen LogP contribution >= 0.6 is 15.9 Å². The van der Waals surface area contributed by atoms with Crippen molar-refractivity contribution >= 4 is 27.8 Å². The highest BCUT2D eigenvalue weighted by molar-refractivity contribution is 9.10. The largest absolute Gasteiger partial charge is 0.446 e. The Bertz CT molecular complexity index is 476. The molecule has 1 amide bonds. The number of nitrogens with one attached hydrogen (secondary N) is 1. The molecule has 6 heteroatoms. The Morgan fingerprint density at radius 1 is 1.40 bits per heavy atom. The number of amides is 1. The normalized spacial score (nSPS) is 12.8. The molecular formula is C14H20BrNO4. The van der Waals surface area contributed by atoms with Crippen LogP contribution in [0, 0.1) is 0 Å². The van der Waals surface area contributed by atoms with Gasteiger partial charge in [-0.2, -0.15) is 0 Å². The number of hydrogen-bond donors (Lipinski definition) is 1. The zero-order valence-electron chi connectivity index (χ0n) is 12.2. The number of hydrogen-bond acceptors (Lipinski definition) is 4. The Balaban J connectivity index is 2.55. The lowest BCUT2D eigenvalue weighted by atomic mass is 10.1. The van der Waals surface area contributed by atoms with Gasteiger partial charge in [0.15, 0.2) is 16.2 Å². The Labute approximate surface area is 127 Å². The first-order valence-corrected chi connectivity index (χ1v) is 7.28. The lowest BCUT2D eigenvalue weighted by Gasteiger charge is -2.22. The molecule has 1 aromatic heterocycles. The third-order valence-electron chi connectivity index (χ3n) is 2.49. The molecule has 0 fully saturated rings. The van der Waals surface area contributed by atoms with Crippen molar-refractivity contribution in [1.82, 2.24) is 5.32 Å². The summed E-state index contributed by atoms with van der Waals surface area (Å²) in [4.78, 5) is 23.7. The SMILES string of the molecule is CCC(CC(=O)c1ccc(Br)o1)NC(=O)OC(C)(C)C. The summed E-state index contributed by atoms with van der Waals surface area (Å²) in [7, 11) is 0. The monoisotopic (exact) mass is 345 g/mol. The van der Waals surface area contributed by atoms with Crippen molar-refractivity contribution in [2.45, 2.75) is 52.2 Å². The fraction of sp³-hybridized carbons (Fsp3) is 0.571. The van der Waals surface area contributed by atoms with Crippen molar-refractivity contribution < 1.29 is 18.7 Å². The number of ketones is 1. The molecular weight excluding hydrogens is 326 g/mol. The Morgan fingerprint density at radius 3 is 2.50 bits per heavy atom. The van der Waals surface area contributed by atoms with Crippen LogP contribution in [0.3, 0.4) is 0 Å². The summed E-state index contributed by atoms with van der Waals surface area (Å²) >= 11 is 3.15. The zero-order valence-corrected chi connectivity index (χ0v) is 13.7. The van der Waals surface area contributed by atoms with Crippen molar-refractivity contribution in [3.05, 3.63) is 22.6 Å². The van der Waals surface area contributed by atoms with E-state index >= 15 is 0 Å². The minimum absolute atomic E-state index is 0.154. The van der Waals surface area contributed by atoms with Gasteiger partial charge in [-0.3, -0.25) is 4.79 Å². The maximum atomic E-state index is 12.0. The van der Waals surface area contributed by atoms with Crippen LogP contribution in [0.15, 0.2) is 21.2 Å². The van der Waals surface area contributed by atoms with E-state index in [0.29, 0.717) is 11.1 Å². The lowest BCUT2D eigenvalue weighted by molar-refractivity contribution is 0.0500. The van der Waals surface area contributed by atoms with Gasteiger partial charge >= 0.3 is 6.09 Å². The second kappa shape index (κ2) is 6.92. The molecule has 0 aliphatic rings. The number of carbonyl (C=O) groups is 2. The van der Waals surface area contributed by atoms with Gasteiger partial charge in [0.2, 0.25) is 0 Å². The molecule has 1 rings (SSSR count). The second-order valence-corrected chi connectivity index (χ2v) is 6.26. The molecule has 0 aromatic carbocycles. The van der Waals surface area contributed by atoms with E-state index in [1.807, 2.05) is 6.92 Å². The van der Waals surface area contributed by atoms with Crippen LogP contribution in [0.25, 0.3) is 0 Å². The van der Waals surface area contributed by atoms with E-state index in [4.69, 9.17) is 9.15 Å². The molecule has 1 N–H and O–H groups in total. The van der Waals surface area contributed by atoms with Gasteiger partial charge in [-0.25, -0.2) is 4.79 Å². The molecule has 1 atom stereocenters. The molecule has 0 spiro atoms. The van der Waals surface area contributed by atoms with E-state index in [-0.39, 0.29) is 24.0 Å². The average molecular weight is 346 g/mol. The Kier molecular flexibility index (Phi) is 5.80. The fourth-order valence-corrected chi connectivity index (χ4v) is 1.87. The molecule has 0 saturated carbocycles. The van der Waals surface area contributed by atoms with Crippen LogP contribution in [0.5, 0.6) is 0 Å². The van der Waals surface area contributed by atoms with Crippen LogP contribution in [0.4, 0.5) is 4.79 Å². The van der Waals surface area contributed by atoms with Crippen LogP contribution in [-0.2, 0) is 4.74 Å². The van der Waals surface area contributed by atoms with E-state index in [2.05, 4.69) is 21.2 Å². The standard InChI is InChI=1S/C14H20BrNO4/c1-5-9(16-13(18)20-14(2,3)4)8-10(17)11-6-7-12(15)19-11/h6-7,9H,5,8H2,1-4H3,(H,16,18). The van der Waals surface area contributed by atoms with Gasteiger partial charge in [0.25, 0.3) is 0 Å². The lowest BCUT2D eigenvalue weighted by Crippen LogP contribution is -2.39. The number of Topliss-reactive ketones (excluding diaryl/α,β-unsaturated/α-hetero) is 1. The number of ether oxygens (including phenoxy) is 1. The Hall–Kier alpha value is -1.30. The van der Waals surface area contributed by atoms with E-state index in [1.54, 1.807) is 32.9 Å². The fourth-order valence-electron chi connectivity index (χ4n) is 1.56. The van der Waals surface area contributed by atoms with Crippen molar-refractivity contribution in [1.29, 1.82) is 0 Å². The summed E-state index contributed by atoms with van der Waals surface area (Å²) < 4.78 is 10.9. The third kappa shape index (κ3) is 5.77. The molecule has 1 aromatic rings. The highest BCUT2D eigenvalue weighted by Gasteiger charge is 2.21. The van der Waals surface area contributed by atoms with E-state index < -0.39 is 11.7 Å². The maximum absolute atomic E-state index is 12.0. The summed E-state index contributed by atoms with van der Waals surface area (Å²) in [5.74, 6) is 0.125. The molecule has 0 saturated heterocycles. The molecule has 20 heavy (non-hydrogen) atoms. The number of furan rings is 1. The topological polar surface area (TPSA) is 68.5 Å². The predicted octanol–water partition coefficient (Wildman–Crippen LogP) is 3.92. The quantitative estimate of drug-likeness (QED) is 0.821. The van der Waals surface area contributed by atoms with Crippen LogP contribution in [0.2, 0.25) is 0 Å². The van der Waals surface area contributed by atoms with E-state index in [1.165, 1.54) is 0 Å². The molecule has 0 radical (unpaired) electrons. The molecule has 5 nitrogen and oxygen atoms in total. The average Bonchev–Trinajstić information content (AvgIpc) is 2.72. The number of carbonyl (C=O) groups excluding carboxylic acids is 2. The maximum Gasteiger partial charge on any atom is 0.407 e. The van der Waals surface area contributed by atoms with Gasteiger partial charge in [-0.05, 0) is 55.3 Å². The summed E-state index contributed by atoms with van der Waals surface area (Å²) in [6.07, 6.45) is 0.292. The third-order valence-corrected chi connectivity index (χ3v) is 2.92. The van der Waals surface area contributed by atoms with E-state index in [0.717, 1.165) is 0 Å². The molecule has 112 valence electrons. The van der Waals surface area contributed by atoms with Crippen LogP contribution in [-0.4, -0.2) is 23.5 Å². The van der Waals surface area contributed by atoms with Gasteiger partial charge < -0.3 is 14.5 Å². The number of alkyl carbamates (subject to hydrolysis) is 1. The molecule has 0 aliphatic heterocycles. The molecule has 1 unspecified atom stereocenters. The van der Waals surface area contributed by atoms with Crippen molar-refractivity contribution in [2.24, 2.45) is 0 Å². The Morgan fingerprint density at radius 2 is 2.05 bits per heavy atom. The highest BCUT2D eigenvalue weighted by atomic mass is 79.9. The first-order chi connectivity index (χ1) is 9.21. The smallest absolute Gasteiger partial charge is 0.407 e. The van der Waals surface area contributed by atoms with Gasteiger partial charge in [-0.1, -0.05) is 6.92 Å². The second-order valence-electron chi connectivity index (χ2n) is 5.48. The minimum atomic E-state index is -0.557. The molecule has 1 heterocycles. The van der Waals surface area contributed by atoms with Gasteiger partial charge in [0.05, 0.1) is 0 Å². The van der Waals surface area contributed by atoms with Gasteiger partial charge in [0.1, 0.15) is 5.60 Å². The summed E-state index contributed by atoms with van der Waals surface area (Å²) in [5.41, 5.74) is -0.557. The summed E-state index contributed by atoms with van der Waals surface area (Å²) in [5, 5.41) is 2.70. The highest BCUT2D eigenvalue weighted by Crippen LogP contribution is 2.17. The predicted molar refractivity (Wildman–Crippen MR) is 78.8 cm³/mol. The summed E-state index contributed by atoms with van der Waals surface area (Å²) in [6.45, 7) is 7.27. The van der Waals surface area contributed by atoms with Crippen LogP contribution in [0.1, 0.15) is 51.1 Å². The van der Waals surface area contributed by atoms with Gasteiger partial charge in [-0.15, -0.1) is 0 Å². The first-order valence-electron chi connectivity index (χ1n) is 6.49. The number of halogens is 1. The first kappa shape index (κ1) is 16.8. The minimum Gasteiger partial charge on any atom is -0.446 e. The molecule has 0 bridgehead atoms. The van der Waals surface area contributed by atoms with E-state index in [9.17, 15) is 9.59 Å². The van der Waals surface area contributed by atoms with Gasteiger partial charge in [0, 0.05) is 12.5 Å². The van der Waals surface area contributed by atoms with Crippen molar-refractivity contribution in [3.63, 3.8) is 0 Å². The van der Waals surface area contributed by atoms with Crippen molar-refractivity contribution in [3.8, 4) is 0 Å². The van der Waals surface area contributed by atoms with Crippen LogP contribution < -0.4 is 5.32 Å². The molecule has 0 aliphatic carbocycles. The van der Waals surface area contributed by atoms with Crippen molar-refractivity contribution in [2.75, 3.05) is 0 Å². The summed E-state index contributed by atoms with van der Waals surface area (Å²) in [6, 6.07) is 2.99.